The Bertz CT molecular complexity index is 1100. The predicted molar refractivity (Wildman–Crippen MR) is 124 cm³/mol. The molecule has 1 unspecified atom stereocenters. The van der Waals surface area contributed by atoms with Gasteiger partial charge in [-0.2, -0.15) is 0 Å². The van der Waals surface area contributed by atoms with Gasteiger partial charge in [-0.05, 0) is 30.7 Å². The van der Waals surface area contributed by atoms with Crippen LogP contribution in [-0.2, 0) is 0 Å². The van der Waals surface area contributed by atoms with Crippen molar-refractivity contribution in [1.29, 1.82) is 0 Å². The Morgan fingerprint density at radius 3 is 2.65 bits per heavy atom. The number of fused-ring (bicyclic) bond motifs is 3. The van der Waals surface area contributed by atoms with Crippen molar-refractivity contribution in [2.24, 2.45) is 0 Å². The van der Waals surface area contributed by atoms with E-state index in [1.54, 1.807) is 7.05 Å². The molecular formula is C22H23BClFN4O2. The van der Waals surface area contributed by atoms with E-state index in [9.17, 15) is 14.6 Å². The lowest BCUT2D eigenvalue weighted by atomic mass is 9.92. The van der Waals surface area contributed by atoms with Gasteiger partial charge in [-0.1, -0.05) is 31.7 Å². The van der Waals surface area contributed by atoms with Crippen LogP contribution in [0.1, 0.15) is 36.1 Å². The molecule has 6 nitrogen and oxygen atoms in total. The first kappa shape index (κ1) is 21.6. The van der Waals surface area contributed by atoms with Crippen molar-refractivity contribution in [3.8, 4) is 0 Å². The normalized spacial score (nSPS) is 17.7. The van der Waals surface area contributed by atoms with Gasteiger partial charge in [-0.15, -0.1) is 0 Å². The minimum atomic E-state index is -2.68. The summed E-state index contributed by atoms with van der Waals surface area (Å²) in [5.74, 6) is -2.76. The quantitative estimate of drug-likeness (QED) is 0.422. The zero-order valence-corrected chi connectivity index (χ0v) is 18.1. The van der Waals surface area contributed by atoms with Crippen molar-refractivity contribution in [2.75, 3.05) is 28.7 Å². The maximum atomic E-state index is 14.0. The van der Waals surface area contributed by atoms with Crippen molar-refractivity contribution < 1.29 is 14.6 Å². The van der Waals surface area contributed by atoms with Crippen molar-refractivity contribution in [3.63, 3.8) is 0 Å². The Balaban J connectivity index is 2.02. The summed E-state index contributed by atoms with van der Waals surface area (Å²) < 4.78 is 14.0. The summed E-state index contributed by atoms with van der Waals surface area (Å²) in [6.07, 6.45) is 0.799. The van der Waals surface area contributed by atoms with Crippen LogP contribution in [0.4, 0.5) is 21.5 Å². The first-order chi connectivity index (χ1) is 14.6. The van der Waals surface area contributed by atoms with Gasteiger partial charge in [0.1, 0.15) is 11.6 Å². The molecule has 9 heteroatoms. The topological polar surface area (TPSA) is 71.0 Å². The van der Waals surface area contributed by atoms with Crippen molar-refractivity contribution in [2.45, 2.75) is 25.2 Å². The third-order valence-corrected chi connectivity index (χ3v) is 5.97. The van der Waals surface area contributed by atoms with Gasteiger partial charge < -0.3 is 25.7 Å². The number of benzene rings is 2. The Hall–Kier alpha value is -2.68. The summed E-state index contributed by atoms with van der Waals surface area (Å²) in [4.78, 5) is 3.05. The van der Waals surface area contributed by atoms with E-state index in [-0.39, 0.29) is 0 Å². The highest BCUT2D eigenvalue weighted by Gasteiger charge is 2.45. The lowest BCUT2D eigenvalue weighted by Gasteiger charge is -2.34. The molecule has 0 saturated heterocycles. The number of hydrogen-bond acceptors (Lipinski definition) is 6. The van der Waals surface area contributed by atoms with E-state index in [4.69, 9.17) is 19.4 Å². The molecule has 2 aromatic rings. The van der Waals surface area contributed by atoms with Crippen LogP contribution in [0.15, 0.2) is 43.2 Å². The molecule has 0 spiro atoms. The molecule has 31 heavy (non-hydrogen) atoms. The maximum absolute atomic E-state index is 14.0. The molecule has 2 aliphatic rings. The molecule has 2 aromatic carbocycles. The second kappa shape index (κ2) is 7.48. The van der Waals surface area contributed by atoms with Crippen molar-refractivity contribution in [1.82, 2.24) is 5.32 Å². The van der Waals surface area contributed by atoms with Gasteiger partial charge >= 0.3 is 0 Å². The third kappa shape index (κ3) is 3.26. The van der Waals surface area contributed by atoms with Crippen LogP contribution in [0.2, 0.25) is 5.02 Å². The second-order valence-electron chi connectivity index (χ2n) is 7.64. The number of hydrogen-bond donors (Lipinski definition) is 4. The molecule has 160 valence electrons. The van der Waals surface area contributed by atoms with Crippen LogP contribution in [0.25, 0.3) is 5.70 Å². The van der Waals surface area contributed by atoms with Crippen molar-refractivity contribution in [3.05, 3.63) is 70.8 Å². The van der Waals surface area contributed by atoms with Crippen LogP contribution in [0.3, 0.4) is 0 Å². The number of halogens is 2. The number of nitrogens with one attached hydrogen (secondary N) is 2. The number of rotatable bonds is 5. The van der Waals surface area contributed by atoms with Crippen LogP contribution in [-0.4, -0.2) is 37.5 Å². The monoisotopic (exact) mass is 440 g/mol. The molecule has 0 amide bonds. The van der Waals surface area contributed by atoms with Gasteiger partial charge in [0, 0.05) is 46.7 Å². The first-order valence-corrected chi connectivity index (χ1v) is 10.3. The highest BCUT2D eigenvalue weighted by Crippen LogP contribution is 2.55. The first-order valence-electron chi connectivity index (χ1n) is 9.89. The van der Waals surface area contributed by atoms with Crippen LogP contribution >= 0.6 is 11.6 Å². The molecule has 0 aliphatic carbocycles. The van der Waals surface area contributed by atoms with Crippen molar-refractivity contribution >= 4 is 42.2 Å². The molecule has 4 rings (SSSR count). The molecule has 0 fully saturated rings. The number of anilines is 3. The average Bonchev–Trinajstić information content (AvgIpc) is 3.18. The Morgan fingerprint density at radius 2 is 2.03 bits per heavy atom. The van der Waals surface area contributed by atoms with E-state index < -0.39 is 17.7 Å². The maximum Gasteiger partial charge on any atom is 0.194 e. The summed E-state index contributed by atoms with van der Waals surface area (Å²) in [5, 5.41) is 27.6. The minimum Gasteiger partial charge on any atom is -0.388 e. The van der Waals surface area contributed by atoms with Gasteiger partial charge in [0.2, 0.25) is 0 Å². The smallest absolute Gasteiger partial charge is 0.194 e. The third-order valence-electron chi connectivity index (χ3n) is 5.63. The molecule has 0 saturated carbocycles. The lowest BCUT2D eigenvalue weighted by Crippen LogP contribution is -2.49. The lowest BCUT2D eigenvalue weighted by molar-refractivity contribution is -0.0801. The number of nitrogens with zero attached hydrogens (tertiary/aromatic N) is 2. The van der Waals surface area contributed by atoms with E-state index in [1.165, 1.54) is 23.1 Å². The van der Waals surface area contributed by atoms with E-state index in [0.717, 1.165) is 17.7 Å². The van der Waals surface area contributed by atoms with E-state index in [1.807, 2.05) is 17.9 Å². The zero-order chi connectivity index (χ0) is 22.7. The van der Waals surface area contributed by atoms with Gasteiger partial charge in [-0.25, -0.2) is 4.39 Å². The minimum absolute atomic E-state index is 0.333. The fraction of sp³-hybridized carbons (Fsp3) is 0.273. The molecule has 2 radical (unpaired) electrons. The van der Waals surface area contributed by atoms with Crippen LogP contribution < -0.4 is 20.4 Å². The molecule has 1 atom stereocenters. The second-order valence-corrected chi connectivity index (χ2v) is 8.05. The number of aliphatic hydroxyl groups is 2. The van der Waals surface area contributed by atoms with Crippen LogP contribution in [0.5, 0.6) is 0 Å². The highest BCUT2D eigenvalue weighted by molar-refractivity contribution is 6.31. The van der Waals surface area contributed by atoms with Gasteiger partial charge in [0.05, 0.1) is 17.4 Å². The fourth-order valence-electron chi connectivity index (χ4n) is 4.42. The summed E-state index contributed by atoms with van der Waals surface area (Å²) in [7, 11) is 7.50. The SMILES string of the molecule is [B]C(O)(O)N1C(=C)N(CCC)c2cc(NC)c3c(c21)C(=C)NC3c1cc(F)ccc1Cl. The van der Waals surface area contributed by atoms with Gasteiger partial charge in [0.15, 0.2) is 13.7 Å². The van der Waals surface area contributed by atoms with Gasteiger partial charge in [0.25, 0.3) is 0 Å². The summed E-state index contributed by atoms with van der Waals surface area (Å²) >= 11 is 6.40. The average molecular weight is 441 g/mol. The Labute approximate surface area is 187 Å². The predicted octanol–water partition coefficient (Wildman–Crippen LogP) is 3.46. The molecule has 2 aliphatic heterocycles. The Morgan fingerprint density at radius 1 is 1.32 bits per heavy atom. The molecule has 4 N–H and O–H groups in total. The van der Waals surface area contributed by atoms with E-state index in [2.05, 4.69) is 23.8 Å². The molecule has 0 aromatic heterocycles. The summed E-state index contributed by atoms with van der Waals surface area (Å²) in [6.45, 7) is 10.8. The molecule has 2 heterocycles. The highest BCUT2D eigenvalue weighted by atomic mass is 35.5. The van der Waals surface area contributed by atoms with E-state index >= 15 is 0 Å². The fourth-order valence-corrected chi connectivity index (χ4v) is 4.65. The largest absolute Gasteiger partial charge is 0.388 e. The van der Waals surface area contributed by atoms with E-state index in [0.29, 0.717) is 45.6 Å². The molecule has 0 bridgehead atoms. The summed E-state index contributed by atoms with van der Waals surface area (Å²) in [5.41, 5.74) is 4.38. The Kier molecular flexibility index (Phi) is 5.20. The van der Waals surface area contributed by atoms with Gasteiger partial charge in [-0.3, -0.25) is 4.90 Å². The molecular weight excluding hydrogens is 418 g/mol. The summed E-state index contributed by atoms with van der Waals surface area (Å²) in [6, 6.07) is 5.57. The zero-order valence-electron chi connectivity index (χ0n) is 17.3. The standard InChI is InChI=1S/C22H23BClFN4O2/c1-5-8-28-12(3)29(22(23,30)31)21-17(28)10-16(26-4)19-18(21)11(2)27-20(19)14-9-13(25)6-7-15(14)24/h6-7,9-10,20,26-27,30-31H,2-3,5,8H2,1,4H3. The van der Waals surface area contributed by atoms with Crippen LogP contribution in [0, 0.1) is 5.82 Å².